The minimum absolute atomic E-state index is 0.0465. The molecule has 1 heterocycles. The number of likely N-dealkylation sites (tertiary alicyclic amines) is 1. The number of amides is 2. The molecule has 0 radical (unpaired) electrons. The highest BCUT2D eigenvalue weighted by molar-refractivity contribution is 5.83. The van der Waals surface area contributed by atoms with E-state index in [9.17, 15) is 22.8 Å². The molecule has 26 heavy (non-hydrogen) atoms. The minimum atomic E-state index is -4.86. The van der Waals surface area contributed by atoms with Gasteiger partial charge in [-0.05, 0) is 30.9 Å². The van der Waals surface area contributed by atoms with Gasteiger partial charge in [-0.3, -0.25) is 9.59 Å². The molecule has 0 aliphatic carbocycles. The highest BCUT2D eigenvalue weighted by atomic mass is 19.4. The maximum Gasteiger partial charge on any atom is 0.471 e. The summed E-state index contributed by atoms with van der Waals surface area (Å²) < 4.78 is 42.7. The molecular formula is C18H23F3N2O3. The first-order valence-electron chi connectivity index (χ1n) is 8.47. The number of hydrogen-bond acceptors (Lipinski definition) is 3. The van der Waals surface area contributed by atoms with Crippen LogP contribution in [-0.2, 0) is 16.0 Å². The first-order chi connectivity index (χ1) is 12.2. The Morgan fingerprint density at radius 1 is 1.23 bits per heavy atom. The molecule has 1 aromatic carbocycles. The standard InChI is InChI=1S/C18H23F3N2O3/c1-22(10-7-13-5-3-4-6-15(13)26-2)16(24)14-8-11-23(12-9-14)17(25)18(19,20)21/h3-6,14H,7-12H2,1-2H3. The zero-order valence-corrected chi connectivity index (χ0v) is 14.9. The van der Waals surface area contributed by atoms with E-state index in [1.165, 1.54) is 0 Å². The van der Waals surface area contributed by atoms with E-state index in [-0.39, 0.29) is 37.8 Å². The first kappa shape index (κ1) is 20.1. The van der Waals surface area contributed by atoms with Crippen LogP contribution in [0.1, 0.15) is 18.4 Å². The summed E-state index contributed by atoms with van der Waals surface area (Å²) >= 11 is 0. The zero-order chi connectivity index (χ0) is 19.3. The van der Waals surface area contributed by atoms with Gasteiger partial charge in [-0.2, -0.15) is 13.2 Å². The van der Waals surface area contributed by atoms with E-state index in [0.29, 0.717) is 13.0 Å². The van der Waals surface area contributed by atoms with E-state index in [0.717, 1.165) is 16.2 Å². The Hall–Kier alpha value is -2.25. The zero-order valence-electron chi connectivity index (χ0n) is 14.9. The lowest BCUT2D eigenvalue weighted by Gasteiger charge is -2.33. The topological polar surface area (TPSA) is 49.9 Å². The van der Waals surface area contributed by atoms with Crippen LogP contribution in [0, 0.1) is 5.92 Å². The molecule has 0 unspecified atom stereocenters. The lowest BCUT2D eigenvalue weighted by Crippen LogP contribution is -2.47. The van der Waals surface area contributed by atoms with E-state index in [4.69, 9.17) is 4.74 Å². The van der Waals surface area contributed by atoms with Crippen molar-refractivity contribution in [1.82, 2.24) is 9.80 Å². The summed E-state index contributed by atoms with van der Waals surface area (Å²) in [5.41, 5.74) is 0.986. The molecule has 2 amide bonds. The Morgan fingerprint density at radius 2 is 1.85 bits per heavy atom. The van der Waals surface area contributed by atoms with Crippen molar-refractivity contribution in [3.63, 3.8) is 0 Å². The molecule has 0 spiro atoms. The Balaban J connectivity index is 1.85. The quantitative estimate of drug-likeness (QED) is 0.798. The number of methoxy groups -OCH3 is 1. The summed E-state index contributed by atoms with van der Waals surface area (Å²) in [5, 5.41) is 0. The first-order valence-corrected chi connectivity index (χ1v) is 8.47. The molecule has 0 bridgehead atoms. The van der Waals surface area contributed by atoms with Gasteiger partial charge in [0, 0.05) is 32.6 Å². The average Bonchev–Trinajstić information content (AvgIpc) is 2.64. The van der Waals surface area contributed by atoms with Gasteiger partial charge in [0.15, 0.2) is 0 Å². The lowest BCUT2D eigenvalue weighted by atomic mass is 9.95. The molecule has 1 aliphatic heterocycles. The number of ether oxygens (including phenoxy) is 1. The van der Waals surface area contributed by atoms with Crippen LogP contribution in [0.5, 0.6) is 5.75 Å². The number of carbonyl (C=O) groups excluding carboxylic acids is 2. The number of nitrogens with zero attached hydrogens (tertiary/aromatic N) is 2. The minimum Gasteiger partial charge on any atom is -0.496 e. The average molecular weight is 372 g/mol. The maximum absolute atomic E-state index is 12.5. The summed E-state index contributed by atoms with van der Waals surface area (Å²) in [6.45, 7) is 0.394. The Morgan fingerprint density at radius 3 is 2.42 bits per heavy atom. The Labute approximate surface area is 150 Å². The second-order valence-electron chi connectivity index (χ2n) is 6.39. The highest BCUT2D eigenvalue weighted by Gasteiger charge is 2.43. The Bertz CT molecular complexity index is 641. The van der Waals surface area contributed by atoms with Gasteiger partial charge in [-0.15, -0.1) is 0 Å². The number of rotatable bonds is 5. The number of hydrogen-bond donors (Lipinski definition) is 0. The van der Waals surface area contributed by atoms with Crippen LogP contribution < -0.4 is 4.74 Å². The molecule has 8 heteroatoms. The number of benzene rings is 1. The van der Waals surface area contributed by atoms with Gasteiger partial charge >= 0.3 is 12.1 Å². The molecule has 1 aliphatic rings. The third-order valence-electron chi connectivity index (χ3n) is 4.66. The van der Waals surface area contributed by atoms with E-state index in [1.807, 2.05) is 24.3 Å². The summed E-state index contributed by atoms with van der Waals surface area (Å²) in [7, 11) is 3.27. The third-order valence-corrected chi connectivity index (χ3v) is 4.66. The van der Waals surface area contributed by atoms with E-state index < -0.39 is 12.1 Å². The van der Waals surface area contributed by atoms with Gasteiger partial charge in [0.05, 0.1) is 7.11 Å². The molecular weight excluding hydrogens is 349 g/mol. The fourth-order valence-electron chi connectivity index (χ4n) is 3.13. The van der Waals surface area contributed by atoms with Crippen LogP contribution in [-0.4, -0.2) is 61.6 Å². The van der Waals surface area contributed by atoms with Crippen LogP contribution >= 0.6 is 0 Å². The molecule has 144 valence electrons. The second-order valence-corrected chi connectivity index (χ2v) is 6.39. The number of alkyl halides is 3. The van der Waals surface area contributed by atoms with Crippen molar-refractivity contribution in [1.29, 1.82) is 0 Å². The van der Waals surface area contributed by atoms with Gasteiger partial charge in [-0.25, -0.2) is 0 Å². The summed E-state index contributed by atoms with van der Waals surface area (Å²) in [5.74, 6) is -1.52. The van der Waals surface area contributed by atoms with Crippen LogP contribution in [0.3, 0.4) is 0 Å². The van der Waals surface area contributed by atoms with Crippen molar-refractivity contribution < 1.29 is 27.5 Å². The molecule has 1 aromatic rings. The van der Waals surface area contributed by atoms with E-state index in [1.54, 1.807) is 19.1 Å². The molecule has 2 rings (SSSR count). The molecule has 0 saturated carbocycles. The third kappa shape index (κ3) is 4.89. The van der Waals surface area contributed by atoms with Crippen molar-refractivity contribution in [2.24, 2.45) is 5.92 Å². The van der Waals surface area contributed by atoms with Gasteiger partial charge in [0.25, 0.3) is 0 Å². The van der Waals surface area contributed by atoms with Crippen LogP contribution in [0.4, 0.5) is 13.2 Å². The highest BCUT2D eigenvalue weighted by Crippen LogP contribution is 2.25. The normalized spacial score (nSPS) is 15.7. The van der Waals surface area contributed by atoms with Gasteiger partial charge in [-0.1, -0.05) is 18.2 Å². The maximum atomic E-state index is 12.5. The molecule has 0 N–H and O–H groups in total. The van der Waals surface area contributed by atoms with Crippen molar-refractivity contribution in [2.45, 2.75) is 25.4 Å². The van der Waals surface area contributed by atoms with Crippen molar-refractivity contribution >= 4 is 11.8 Å². The summed E-state index contributed by atoms with van der Waals surface area (Å²) in [6, 6.07) is 7.54. The molecule has 0 aromatic heterocycles. The van der Waals surface area contributed by atoms with Gasteiger partial charge < -0.3 is 14.5 Å². The van der Waals surface area contributed by atoms with Crippen molar-refractivity contribution in [3.8, 4) is 5.75 Å². The van der Waals surface area contributed by atoms with Crippen molar-refractivity contribution in [3.05, 3.63) is 29.8 Å². The second kappa shape index (κ2) is 8.42. The van der Waals surface area contributed by atoms with Crippen molar-refractivity contribution in [2.75, 3.05) is 33.8 Å². The van der Waals surface area contributed by atoms with Gasteiger partial charge in [0.1, 0.15) is 5.75 Å². The predicted octanol–water partition coefficient (Wildman–Crippen LogP) is 2.50. The Kier molecular flexibility index (Phi) is 6.50. The number of carbonyl (C=O) groups is 2. The molecule has 0 atom stereocenters. The largest absolute Gasteiger partial charge is 0.496 e. The van der Waals surface area contributed by atoms with Crippen LogP contribution in [0.2, 0.25) is 0 Å². The fraction of sp³-hybridized carbons (Fsp3) is 0.556. The number of piperidine rings is 1. The monoisotopic (exact) mass is 372 g/mol. The van der Waals surface area contributed by atoms with Crippen LogP contribution in [0.25, 0.3) is 0 Å². The van der Waals surface area contributed by atoms with Gasteiger partial charge in [0.2, 0.25) is 5.91 Å². The SMILES string of the molecule is COc1ccccc1CCN(C)C(=O)C1CCN(C(=O)C(F)(F)F)CC1. The number of halogens is 3. The summed E-state index contributed by atoms with van der Waals surface area (Å²) in [6.07, 6.45) is -3.74. The lowest BCUT2D eigenvalue weighted by molar-refractivity contribution is -0.187. The molecule has 1 fully saturated rings. The fourth-order valence-corrected chi connectivity index (χ4v) is 3.13. The molecule has 5 nitrogen and oxygen atoms in total. The summed E-state index contributed by atoms with van der Waals surface area (Å²) in [4.78, 5) is 26.1. The van der Waals surface area contributed by atoms with E-state index >= 15 is 0 Å². The smallest absolute Gasteiger partial charge is 0.471 e. The predicted molar refractivity (Wildman–Crippen MR) is 89.7 cm³/mol. The van der Waals surface area contributed by atoms with E-state index in [2.05, 4.69) is 0 Å². The number of para-hydroxylation sites is 1. The molecule has 1 saturated heterocycles. The van der Waals surface area contributed by atoms with Crippen LogP contribution in [0.15, 0.2) is 24.3 Å². The number of likely N-dealkylation sites (N-methyl/N-ethyl adjacent to an activating group) is 1.